The number of aromatic nitrogens is 2. The molecule has 0 amide bonds. The Hall–Kier alpha value is -1.31. The Labute approximate surface area is 83.6 Å². The van der Waals surface area contributed by atoms with Crippen LogP contribution < -0.4 is 0 Å². The second-order valence-corrected chi connectivity index (χ2v) is 4.33. The molecule has 0 radical (unpaired) electrons. The van der Waals surface area contributed by atoms with Crippen molar-refractivity contribution in [3.63, 3.8) is 0 Å². The monoisotopic (exact) mass is 186 g/mol. The van der Waals surface area contributed by atoms with Crippen molar-refractivity contribution in [1.29, 1.82) is 0 Å². The fourth-order valence-corrected chi connectivity index (χ4v) is 2.19. The lowest BCUT2D eigenvalue weighted by Gasteiger charge is -1.95. The Morgan fingerprint density at radius 3 is 2.86 bits per heavy atom. The molecule has 0 aromatic carbocycles. The molecule has 2 aromatic rings. The summed E-state index contributed by atoms with van der Waals surface area (Å²) in [5.74, 6) is 1.55. The number of hydrogen-bond acceptors (Lipinski definition) is 1. The van der Waals surface area contributed by atoms with Gasteiger partial charge in [-0.2, -0.15) is 0 Å². The largest absolute Gasteiger partial charge is 0.304 e. The first-order valence-electron chi connectivity index (χ1n) is 5.21. The summed E-state index contributed by atoms with van der Waals surface area (Å²) in [6.07, 6.45) is 3.40. The topological polar surface area (TPSA) is 17.3 Å². The van der Waals surface area contributed by atoms with Gasteiger partial charge in [0.05, 0.1) is 5.69 Å². The maximum absolute atomic E-state index is 4.69. The van der Waals surface area contributed by atoms with Crippen LogP contribution in [0.2, 0.25) is 0 Å². The molecule has 2 heteroatoms. The van der Waals surface area contributed by atoms with Gasteiger partial charge < -0.3 is 4.40 Å². The Bertz CT molecular complexity index is 484. The third-order valence-corrected chi connectivity index (χ3v) is 3.27. The van der Waals surface area contributed by atoms with Gasteiger partial charge in [-0.25, -0.2) is 4.98 Å². The summed E-state index contributed by atoms with van der Waals surface area (Å²) in [4.78, 5) is 4.69. The molecule has 1 fully saturated rings. The summed E-state index contributed by atoms with van der Waals surface area (Å²) in [5, 5.41) is 0. The molecule has 2 heterocycles. The zero-order valence-corrected chi connectivity index (χ0v) is 8.57. The molecule has 1 aliphatic carbocycles. The van der Waals surface area contributed by atoms with E-state index in [1.807, 2.05) is 6.07 Å². The van der Waals surface area contributed by atoms with Crippen LogP contribution >= 0.6 is 0 Å². The van der Waals surface area contributed by atoms with Crippen LogP contribution in [-0.2, 0) is 0 Å². The number of imidazole rings is 1. The fraction of sp³-hybridized carbons (Fsp3) is 0.417. The minimum Gasteiger partial charge on any atom is -0.304 e. The normalized spacial score (nSPS) is 25.6. The molecular weight excluding hydrogens is 172 g/mol. The maximum Gasteiger partial charge on any atom is 0.137 e. The van der Waals surface area contributed by atoms with Gasteiger partial charge in [0.1, 0.15) is 5.65 Å². The van der Waals surface area contributed by atoms with Crippen LogP contribution in [0.3, 0.4) is 0 Å². The van der Waals surface area contributed by atoms with Gasteiger partial charge in [-0.15, -0.1) is 0 Å². The highest BCUT2D eigenvalue weighted by molar-refractivity contribution is 5.44. The molecule has 2 unspecified atom stereocenters. The van der Waals surface area contributed by atoms with Gasteiger partial charge in [-0.05, 0) is 31.4 Å². The van der Waals surface area contributed by atoms with Crippen LogP contribution in [-0.4, -0.2) is 9.38 Å². The van der Waals surface area contributed by atoms with Gasteiger partial charge >= 0.3 is 0 Å². The molecule has 0 saturated heterocycles. The molecule has 2 nitrogen and oxygen atoms in total. The van der Waals surface area contributed by atoms with Crippen molar-refractivity contribution in [2.75, 3.05) is 0 Å². The van der Waals surface area contributed by atoms with Crippen molar-refractivity contribution in [2.45, 2.75) is 26.2 Å². The maximum atomic E-state index is 4.69. The molecule has 3 rings (SSSR count). The van der Waals surface area contributed by atoms with Crippen LogP contribution in [0.5, 0.6) is 0 Å². The summed E-state index contributed by atoms with van der Waals surface area (Å²) in [6.45, 7) is 4.47. The van der Waals surface area contributed by atoms with E-state index in [-0.39, 0.29) is 0 Å². The molecule has 2 aromatic heterocycles. The molecule has 0 spiro atoms. The van der Waals surface area contributed by atoms with Crippen LogP contribution in [0.1, 0.15) is 30.7 Å². The summed E-state index contributed by atoms with van der Waals surface area (Å²) in [5.41, 5.74) is 3.71. The van der Waals surface area contributed by atoms with Crippen molar-refractivity contribution in [2.24, 2.45) is 5.92 Å². The number of pyridine rings is 1. The highest BCUT2D eigenvalue weighted by Gasteiger charge is 2.37. The molecule has 72 valence electrons. The van der Waals surface area contributed by atoms with E-state index >= 15 is 0 Å². The SMILES string of the molecule is Cc1c(C2CC2C)nc2ccccn12. The predicted octanol–water partition coefficient (Wildman–Crippen LogP) is 2.77. The highest BCUT2D eigenvalue weighted by atomic mass is 15.0. The summed E-state index contributed by atoms with van der Waals surface area (Å²) < 4.78 is 2.18. The van der Waals surface area contributed by atoms with Gasteiger partial charge in [0.15, 0.2) is 0 Å². The quantitative estimate of drug-likeness (QED) is 0.669. The van der Waals surface area contributed by atoms with Gasteiger partial charge in [0.2, 0.25) is 0 Å². The average molecular weight is 186 g/mol. The Balaban J connectivity index is 2.21. The van der Waals surface area contributed by atoms with E-state index in [1.54, 1.807) is 0 Å². The number of fused-ring (bicyclic) bond motifs is 1. The Morgan fingerprint density at radius 1 is 1.43 bits per heavy atom. The lowest BCUT2D eigenvalue weighted by molar-refractivity contribution is 0.883. The van der Waals surface area contributed by atoms with Crippen molar-refractivity contribution in [3.8, 4) is 0 Å². The number of aryl methyl sites for hydroxylation is 1. The van der Waals surface area contributed by atoms with Crippen molar-refractivity contribution < 1.29 is 0 Å². The molecule has 0 aliphatic heterocycles. The van der Waals surface area contributed by atoms with E-state index in [0.29, 0.717) is 0 Å². The Kier molecular flexibility index (Phi) is 1.49. The molecule has 1 aliphatic rings. The molecule has 0 bridgehead atoms. The van der Waals surface area contributed by atoms with Crippen LogP contribution in [0.4, 0.5) is 0 Å². The molecule has 14 heavy (non-hydrogen) atoms. The predicted molar refractivity (Wildman–Crippen MR) is 56.5 cm³/mol. The first-order valence-corrected chi connectivity index (χ1v) is 5.21. The highest BCUT2D eigenvalue weighted by Crippen LogP contribution is 2.47. The van der Waals surface area contributed by atoms with E-state index in [4.69, 9.17) is 0 Å². The first kappa shape index (κ1) is 8.04. The fourth-order valence-electron chi connectivity index (χ4n) is 2.19. The standard InChI is InChI=1S/C12H14N2/c1-8-7-10(8)12-9(2)14-6-4-3-5-11(14)13-12/h3-6,8,10H,7H2,1-2H3. The first-order chi connectivity index (χ1) is 6.77. The molecule has 1 saturated carbocycles. The zero-order chi connectivity index (χ0) is 9.71. The van der Waals surface area contributed by atoms with Gasteiger partial charge in [-0.1, -0.05) is 13.0 Å². The Morgan fingerprint density at radius 2 is 2.21 bits per heavy atom. The van der Waals surface area contributed by atoms with E-state index in [2.05, 4.69) is 41.6 Å². The number of hydrogen-bond donors (Lipinski definition) is 0. The zero-order valence-electron chi connectivity index (χ0n) is 8.57. The van der Waals surface area contributed by atoms with Crippen LogP contribution in [0, 0.1) is 12.8 Å². The van der Waals surface area contributed by atoms with E-state index in [0.717, 1.165) is 17.5 Å². The molecule has 2 atom stereocenters. The second-order valence-electron chi connectivity index (χ2n) is 4.33. The van der Waals surface area contributed by atoms with E-state index in [1.165, 1.54) is 17.8 Å². The van der Waals surface area contributed by atoms with E-state index < -0.39 is 0 Å². The molecule has 0 N–H and O–H groups in total. The summed E-state index contributed by atoms with van der Waals surface area (Å²) >= 11 is 0. The third-order valence-electron chi connectivity index (χ3n) is 3.27. The van der Waals surface area contributed by atoms with E-state index in [9.17, 15) is 0 Å². The smallest absolute Gasteiger partial charge is 0.137 e. The lowest BCUT2D eigenvalue weighted by atomic mass is 10.2. The number of rotatable bonds is 1. The molecular formula is C12H14N2. The minimum atomic E-state index is 0.718. The second kappa shape index (κ2) is 2.59. The third kappa shape index (κ3) is 0.999. The lowest BCUT2D eigenvalue weighted by Crippen LogP contribution is -1.88. The van der Waals surface area contributed by atoms with Crippen molar-refractivity contribution in [3.05, 3.63) is 35.8 Å². The van der Waals surface area contributed by atoms with Crippen LogP contribution in [0.25, 0.3) is 5.65 Å². The summed E-state index contributed by atoms with van der Waals surface area (Å²) in [7, 11) is 0. The van der Waals surface area contributed by atoms with Crippen molar-refractivity contribution in [1.82, 2.24) is 9.38 Å². The number of nitrogens with zero attached hydrogens (tertiary/aromatic N) is 2. The average Bonchev–Trinajstić information content (AvgIpc) is 2.82. The van der Waals surface area contributed by atoms with Crippen molar-refractivity contribution >= 4 is 5.65 Å². The summed E-state index contributed by atoms with van der Waals surface area (Å²) in [6, 6.07) is 6.17. The van der Waals surface area contributed by atoms with Gasteiger partial charge in [-0.3, -0.25) is 0 Å². The van der Waals surface area contributed by atoms with Crippen LogP contribution in [0.15, 0.2) is 24.4 Å². The minimum absolute atomic E-state index is 0.718. The van der Waals surface area contributed by atoms with Gasteiger partial charge in [0, 0.05) is 17.8 Å². The van der Waals surface area contributed by atoms with Gasteiger partial charge in [0.25, 0.3) is 0 Å².